The van der Waals surface area contributed by atoms with E-state index >= 15 is 0 Å². The zero-order valence-electron chi connectivity index (χ0n) is 20.9. The molecule has 1 aromatic carbocycles. The van der Waals surface area contributed by atoms with Crippen molar-refractivity contribution in [2.75, 3.05) is 29.2 Å². The van der Waals surface area contributed by atoms with E-state index in [0.29, 0.717) is 57.9 Å². The molecule has 38 heavy (non-hydrogen) atoms. The molecule has 3 heterocycles. The van der Waals surface area contributed by atoms with Crippen LogP contribution in [-0.4, -0.2) is 40.8 Å². The maximum Gasteiger partial charge on any atom is 0.331 e. The van der Waals surface area contributed by atoms with E-state index in [2.05, 4.69) is 41.2 Å². The van der Waals surface area contributed by atoms with Crippen molar-refractivity contribution in [2.45, 2.75) is 20.3 Å². The number of nitriles is 1. The molecule has 1 unspecified atom stereocenters. The van der Waals surface area contributed by atoms with Gasteiger partial charge in [-0.15, -0.1) is 11.3 Å². The number of carbonyl (C=O) groups excluding carboxylic acids is 2. The smallest absolute Gasteiger partial charge is 0.331 e. The predicted molar refractivity (Wildman–Crippen MR) is 152 cm³/mol. The van der Waals surface area contributed by atoms with Crippen LogP contribution >= 0.6 is 24.0 Å². The molecule has 2 aliphatic rings. The monoisotopic (exact) mass is 546 g/mol. The summed E-state index contributed by atoms with van der Waals surface area (Å²) in [5, 5.41) is 15.5. The standard InChI is InChI=1S/C27H26N6O3S2/c1-16-5-3-6-21(16)36-18-7-8-19(17(2)13-18)33-20-9-11-30-26-22(20)23(31-27(33)35)24(38-26)25(34)29-10-4-12-32(14-28)15-37/h3,5-9,11,13,16,37H,4,10,12,15H2,1-2H3,(H,29,34)(H,31,35). The summed E-state index contributed by atoms with van der Waals surface area (Å²) in [6, 6.07) is 7.06. The van der Waals surface area contributed by atoms with Crippen LogP contribution in [0.1, 0.15) is 28.6 Å². The number of aromatic nitrogens is 1. The van der Waals surface area contributed by atoms with Crippen molar-refractivity contribution in [3.8, 4) is 11.9 Å². The van der Waals surface area contributed by atoms with Gasteiger partial charge in [0.1, 0.15) is 21.2 Å². The quantitative estimate of drug-likeness (QED) is 0.107. The van der Waals surface area contributed by atoms with Crippen LogP contribution in [-0.2, 0) is 0 Å². The second kappa shape index (κ2) is 10.8. The number of ether oxygens (including phenoxy) is 1. The Morgan fingerprint density at radius 1 is 1.37 bits per heavy atom. The third kappa shape index (κ3) is 4.80. The van der Waals surface area contributed by atoms with Crippen molar-refractivity contribution in [1.29, 1.82) is 5.26 Å². The molecule has 0 fully saturated rings. The van der Waals surface area contributed by atoms with E-state index in [1.165, 1.54) is 16.2 Å². The highest BCUT2D eigenvalue weighted by atomic mass is 32.1. The summed E-state index contributed by atoms with van der Waals surface area (Å²) in [6.45, 7) is 4.88. The number of nitrogens with zero attached hydrogens (tertiary/aromatic N) is 4. The number of carbonyl (C=O) groups is 2. The number of pyridine rings is 1. The summed E-state index contributed by atoms with van der Waals surface area (Å²) in [5.41, 5.74) is 2.71. The molecule has 2 N–H and O–H groups in total. The van der Waals surface area contributed by atoms with Crippen molar-refractivity contribution < 1.29 is 14.3 Å². The Kier molecular flexibility index (Phi) is 7.26. The Bertz CT molecular complexity index is 1520. The molecule has 1 atom stereocenters. The molecule has 3 aromatic rings. The lowest BCUT2D eigenvalue weighted by atomic mass is 10.1. The lowest BCUT2D eigenvalue weighted by Gasteiger charge is -2.29. The van der Waals surface area contributed by atoms with Crippen molar-refractivity contribution in [2.24, 2.45) is 5.92 Å². The van der Waals surface area contributed by atoms with Gasteiger partial charge in [-0.05, 0) is 49.2 Å². The van der Waals surface area contributed by atoms with Crippen molar-refractivity contribution in [3.63, 3.8) is 0 Å². The fourth-order valence-corrected chi connectivity index (χ4v) is 5.70. The number of thiol groups is 1. The van der Waals surface area contributed by atoms with E-state index in [4.69, 9.17) is 10.00 Å². The van der Waals surface area contributed by atoms with Gasteiger partial charge in [-0.1, -0.05) is 19.1 Å². The highest BCUT2D eigenvalue weighted by Gasteiger charge is 2.33. The van der Waals surface area contributed by atoms with Crippen LogP contribution < -0.4 is 20.3 Å². The molecule has 0 radical (unpaired) electrons. The van der Waals surface area contributed by atoms with Gasteiger partial charge in [-0.3, -0.25) is 9.69 Å². The van der Waals surface area contributed by atoms with E-state index in [0.717, 1.165) is 16.7 Å². The van der Waals surface area contributed by atoms with Gasteiger partial charge in [-0.2, -0.15) is 17.9 Å². The van der Waals surface area contributed by atoms with Crippen molar-refractivity contribution in [1.82, 2.24) is 15.2 Å². The summed E-state index contributed by atoms with van der Waals surface area (Å²) in [4.78, 5) is 35.0. The van der Waals surface area contributed by atoms with Crippen LogP contribution in [0.4, 0.5) is 21.9 Å². The lowest BCUT2D eigenvalue weighted by molar-refractivity contribution is 0.0957. The van der Waals surface area contributed by atoms with E-state index in [1.54, 1.807) is 17.2 Å². The van der Waals surface area contributed by atoms with Crippen LogP contribution in [0.2, 0.25) is 0 Å². The average molecular weight is 547 g/mol. The Labute approximate surface area is 229 Å². The summed E-state index contributed by atoms with van der Waals surface area (Å²) in [5.74, 6) is 1.83. The van der Waals surface area contributed by atoms with E-state index in [-0.39, 0.29) is 17.9 Å². The first-order chi connectivity index (χ1) is 18.4. The molecule has 194 valence electrons. The molecule has 0 bridgehead atoms. The van der Waals surface area contributed by atoms with Gasteiger partial charge in [0.05, 0.1) is 28.3 Å². The molecule has 2 aromatic heterocycles. The average Bonchev–Trinajstić information content (AvgIpc) is 3.49. The largest absolute Gasteiger partial charge is 0.461 e. The summed E-state index contributed by atoms with van der Waals surface area (Å²) in [6.07, 6.45) is 10.3. The van der Waals surface area contributed by atoms with Crippen molar-refractivity contribution >= 4 is 63.2 Å². The second-order valence-corrected chi connectivity index (χ2v) is 10.3. The molecule has 3 amide bonds. The maximum absolute atomic E-state index is 13.4. The van der Waals surface area contributed by atoms with Gasteiger partial charge in [0, 0.05) is 25.2 Å². The summed E-state index contributed by atoms with van der Waals surface area (Å²) in [7, 11) is 0. The first-order valence-electron chi connectivity index (χ1n) is 12.1. The van der Waals surface area contributed by atoms with E-state index < -0.39 is 0 Å². The molecule has 0 saturated heterocycles. The lowest BCUT2D eigenvalue weighted by Crippen LogP contribution is -2.35. The number of hydrogen-bond acceptors (Lipinski definition) is 8. The topological polar surface area (TPSA) is 111 Å². The number of aryl methyl sites for hydroxylation is 1. The number of urea groups is 1. The Balaban J connectivity index is 1.40. The fourth-order valence-electron chi connectivity index (χ4n) is 4.46. The minimum Gasteiger partial charge on any atom is -0.461 e. The van der Waals surface area contributed by atoms with Gasteiger partial charge in [-0.25, -0.2) is 9.78 Å². The molecule has 5 rings (SSSR count). The predicted octanol–water partition coefficient (Wildman–Crippen LogP) is 5.55. The molecule has 1 aliphatic carbocycles. The molecule has 0 saturated carbocycles. The van der Waals surface area contributed by atoms with E-state index in [1.807, 2.05) is 43.5 Å². The highest BCUT2D eigenvalue weighted by molar-refractivity contribution is 7.80. The number of benzene rings is 1. The zero-order chi connectivity index (χ0) is 26.8. The Morgan fingerprint density at radius 3 is 2.92 bits per heavy atom. The van der Waals surface area contributed by atoms with Gasteiger partial charge < -0.3 is 20.3 Å². The van der Waals surface area contributed by atoms with E-state index in [9.17, 15) is 9.59 Å². The molecule has 0 spiro atoms. The molecular weight excluding hydrogens is 520 g/mol. The zero-order valence-corrected chi connectivity index (χ0v) is 22.6. The maximum atomic E-state index is 13.4. The van der Waals surface area contributed by atoms with Crippen LogP contribution in [0, 0.1) is 24.3 Å². The molecule has 11 heteroatoms. The summed E-state index contributed by atoms with van der Waals surface area (Å²) >= 11 is 5.34. The summed E-state index contributed by atoms with van der Waals surface area (Å²) < 4.78 is 6.05. The van der Waals surface area contributed by atoms with Gasteiger partial charge in [0.2, 0.25) is 0 Å². The van der Waals surface area contributed by atoms with Crippen LogP contribution in [0.5, 0.6) is 5.75 Å². The number of nitrogens with one attached hydrogen (secondary N) is 2. The number of allylic oxidation sites excluding steroid dienone is 3. The Hall–Kier alpha value is -4.01. The molecular formula is C27H26N6O3S2. The number of hydrogen-bond donors (Lipinski definition) is 3. The highest BCUT2D eigenvalue weighted by Crippen LogP contribution is 2.46. The third-order valence-corrected chi connectivity index (χ3v) is 7.85. The number of amides is 3. The van der Waals surface area contributed by atoms with Crippen LogP contribution in [0.15, 0.2) is 54.4 Å². The van der Waals surface area contributed by atoms with Gasteiger partial charge in [0.25, 0.3) is 5.91 Å². The third-order valence-electron chi connectivity index (χ3n) is 6.41. The fraction of sp³-hybridized carbons (Fsp3) is 0.259. The second-order valence-electron chi connectivity index (χ2n) is 8.99. The number of thiophene rings is 1. The first kappa shape index (κ1) is 25.6. The number of anilines is 3. The SMILES string of the molecule is Cc1cc(OC2=CC=CC2C)ccc1N1C(=O)Nc2c(C(=O)NCCCN(C#N)CS)sc3nccc1c23. The molecule has 9 nitrogen and oxygen atoms in total. The molecule has 1 aliphatic heterocycles. The Morgan fingerprint density at radius 2 is 2.21 bits per heavy atom. The van der Waals surface area contributed by atoms with Gasteiger partial charge >= 0.3 is 6.03 Å². The van der Waals surface area contributed by atoms with Crippen LogP contribution in [0.25, 0.3) is 10.2 Å². The first-order valence-corrected chi connectivity index (χ1v) is 13.6. The minimum absolute atomic E-state index is 0.219. The normalized spacial score (nSPS) is 15.7. The van der Waals surface area contributed by atoms with Gasteiger partial charge in [0.15, 0.2) is 6.19 Å². The van der Waals surface area contributed by atoms with Crippen LogP contribution in [0.3, 0.4) is 0 Å². The number of rotatable bonds is 9. The minimum atomic E-state index is -0.357. The van der Waals surface area contributed by atoms with Crippen molar-refractivity contribution in [3.05, 3.63) is 64.9 Å².